The molecule has 114 valence electrons. The maximum absolute atomic E-state index is 12.2. The first-order valence-corrected chi connectivity index (χ1v) is 7.96. The number of H-pyrrole nitrogens is 1. The van der Waals surface area contributed by atoms with E-state index in [1.165, 1.54) is 21.1 Å². The third kappa shape index (κ3) is 4.13. The number of rotatable bonds is 7. The molecule has 1 amide bonds. The van der Waals surface area contributed by atoms with E-state index in [-0.39, 0.29) is 16.4 Å². The SMILES string of the molecule is COCCNC(=O)CN(C)S(=O)(=O)c1sc(=O)[nH]c1C. The van der Waals surface area contributed by atoms with Gasteiger partial charge in [-0.25, -0.2) is 8.42 Å². The Morgan fingerprint density at radius 3 is 2.65 bits per heavy atom. The molecule has 0 saturated heterocycles. The predicted molar refractivity (Wildman–Crippen MR) is 74.4 cm³/mol. The van der Waals surface area contributed by atoms with Crippen molar-refractivity contribution in [1.82, 2.24) is 14.6 Å². The number of nitrogens with one attached hydrogen (secondary N) is 2. The Morgan fingerprint density at radius 2 is 2.15 bits per heavy atom. The molecule has 20 heavy (non-hydrogen) atoms. The Morgan fingerprint density at radius 1 is 1.50 bits per heavy atom. The Kier molecular flexibility index (Phi) is 5.87. The number of aromatic nitrogens is 1. The molecule has 1 aromatic heterocycles. The van der Waals surface area contributed by atoms with Gasteiger partial charge in [-0.3, -0.25) is 9.59 Å². The van der Waals surface area contributed by atoms with E-state index in [4.69, 9.17) is 4.74 Å². The topological polar surface area (TPSA) is 109 Å². The van der Waals surface area contributed by atoms with E-state index in [1.807, 2.05) is 0 Å². The van der Waals surface area contributed by atoms with Crippen LogP contribution in [-0.4, -0.2) is 57.5 Å². The van der Waals surface area contributed by atoms with Crippen molar-refractivity contribution in [3.05, 3.63) is 15.4 Å². The van der Waals surface area contributed by atoms with Crippen LogP contribution >= 0.6 is 11.3 Å². The van der Waals surface area contributed by atoms with Crippen LogP contribution in [-0.2, 0) is 19.6 Å². The second kappa shape index (κ2) is 6.97. The molecule has 0 aromatic carbocycles. The van der Waals surface area contributed by atoms with Crippen LogP contribution in [0.2, 0.25) is 0 Å². The molecule has 0 bridgehead atoms. The first kappa shape index (κ1) is 16.8. The van der Waals surface area contributed by atoms with Crippen molar-refractivity contribution >= 4 is 27.3 Å². The van der Waals surface area contributed by atoms with E-state index < -0.39 is 20.8 Å². The van der Waals surface area contributed by atoms with Gasteiger partial charge in [0, 0.05) is 26.4 Å². The fraction of sp³-hybridized carbons (Fsp3) is 0.600. The minimum absolute atomic E-state index is 0.0744. The number of ether oxygens (including phenoxy) is 1. The van der Waals surface area contributed by atoms with Crippen molar-refractivity contribution in [3.63, 3.8) is 0 Å². The van der Waals surface area contributed by atoms with Crippen molar-refractivity contribution in [2.45, 2.75) is 11.1 Å². The van der Waals surface area contributed by atoms with E-state index in [9.17, 15) is 18.0 Å². The molecule has 0 atom stereocenters. The highest BCUT2D eigenvalue weighted by atomic mass is 32.2. The first-order chi connectivity index (χ1) is 9.28. The van der Waals surface area contributed by atoms with E-state index in [1.54, 1.807) is 0 Å². The van der Waals surface area contributed by atoms with Gasteiger partial charge in [-0.05, 0) is 6.92 Å². The normalized spacial score (nSPS) is 11.8. The average Bonchev–Trinajstić information content (AvgIpc) is 2.69. The van der Waals surface area contributed by atoms with Crippen LogP contribution in [0.1, 0.15) is 5.69 Å². The number of likely N-dealkylation sites (N-methyl/N-ethyl adjacent to an activating group) is 1. The van der Waals surface area contributed by atoms with Crippen LogP contribution < -0.4 is 10.2 Å². The molecule has 1 rings (SSSR count). The molecule has 0 saturated carbocycles. The summed E-state index contributed by atoms with van der Waals surface area (Å²) in [6.45, 7) is 1.83. The number of carbonyl (C=O) groups excluding carboxylic acids is 1. The molecule has 0 unspecified atom stereocenters. The molecule has 0 fully saturated rings. The lowest BCUT2D eigenvalue weighted by Crippen LogP contribution is -2.39. The van der Waals surface area contributed by atoms with Gasteiger partial charge >= 0.3 is 4.87 Å². The maximum Gasteiger partial charge on any atom is 0.305 e. The molecule has 10 heteroatoms. The zero-order valence-corrected chi connectivity index (χ0v) is 13.1. The van der Waals surface area contributed by atoms with Crippen LogP contribution in [0.3, 0.4) is 0 Å². The summed E-state index contributed by atoms with van der Waals surface area (Å²) in [5, 5.41) is 2.52. The highest BCUT2D eigenvalue weighted by Gasteiger charge is 2.27. The standard InChI is InChI=1S/C10H17N3O5S2/c1-7-9(19-10(15)12-7)20(16,17)13(2)6-8(14)11-4-5-18-3/h4-6H2,1-3H3,(H,11,14)(H,12,15). The lowest BCUT2D eigenvalue weighted by molar-refractivity contribution is -0.121. The lowest BCUT2D eigenvalue weighted by atomic mass is 10.5. The Hall–Kier alpha value is -1.23. The molecule has 2 N–H and O–H groups in total. The van der Waals surface area contributed by atoms with E-state index in [0.717, 1.165) is 4.31 Å². The molecule has 0 aliphatic rings. The van der Waals surface area contributed by atoms with Crippen molar-refractivity contribution in [3.8, 4) is 0 Å². The van der Waals surface area contributed by atoms with Crippen molar-refractivity contribution < 1.29 is 17.9 Å². The minimum Gasteiger partial charge on any atom is -0.383 e. The molecule has 1 heterocycles. The summed E-state index contributed by atoms with van der Waals surface area (Å²) in [6.07, 6.45) is 0. The quantitative estimate of drug-likeness (QED) is 0.634. The van der Waals surface area contributed by atoms with Gasteiger partial charge in [-0.2, -0.15) is 4.31 Å². The number of aryl methyl sites for hydroxylation is 1. The number of aromatic amines is 1. The van der Waals surface area contributed by atoms with Gasteiger partial charge in [0.15, 0.2) is 4.21 Å². The van der Waals surface area contributed by atoms with Crippen molar-refractivity contribution in [1.29, 1.82) is 0 Å². The summed E-state index contributed by atoms with van der Waals surface area (Å²) in [5.41, 5.74) is 0.270. The van der Waals surface area contributed by atoms with Gasteiger partial charge in [0.1, 0.15) is 0 Å². The van der Waals surface area contributed by atoms with Crippen LogP contribution in [0.25, 0.3) is 0 Å². The number of sulfonamides is 1. The van der Waals surface area contributed by atoms with Gasteiger partial charge in [0.05, 0.1) is 13.2 Å². The van der Waals surface area contributed by atoms with Gasteiger partial charge < -0.3 is 15.0 Å². The van der Waals surface area contributed by atoms with Crippen LogP contribution in [0.5, 0.6) is 0 Å². The molecule has 0 aliphatic heterocycles. The number of nitrogens with zero attached hydrogens (tertiary/aromatic N) is 1. The summed E-state index contributed by atoms with van der Waals surface area (Å²) >= 11 is 0.606. The average molecular weight is 323 g/mol. The molecule has 1 aromatic rings. The molecule has 0 radical (unpaired) electrons. The largest absolute Gasteiger partial charge is 0.383 e. The lowest BCUT2D eigenvalue weighted by Gasteiger charge is -2.15. The van der Waals surface area contributed by atoms with Crippen LogP contribution in [0, 0.1) is 6.92 Å². The summed E-state index contributed by atoms with van der Waals surface area (Å²) in [7, 11) is -1.06. The third-order valence-electron chi connectivity index (χ3n) is 2.42. The smallest absolute Gasteiger partial charge is 0.305 e. The minimum atomic E-state index is -3.85. The van der Waals surface area contributed by atoms with Crippen molar-refractivity contribution in [2.24, 2.45) is 0 Å². The Bertz CT molecular complexity index is 619. The highest BCUT2D eigenvalue weighted by molar-refractivity contribution is 7.91. The van der Waals surface area contributed by atoms with Crippen LogP contribution in [0.15, 0.2) is 9.00 Å². The van der Waals surface area contributed by atoms with E-state index in [2.05, 4.69) is 10.3 Å². The predicted octanol–water partition coefficient (Wildman–Crippen LogP) is -0.872. The summed E-state index contributed by atoms with van der Waals surface area (Å²) in [6, 6.07) is 0. The number of amides is 1. The summed E-state index contributed by atoms with van der Waals surface area (Å²) < 4.78 is 30.0. The van der Waals surface area contributed by atoms with Gasteiger partial charge in [-0.1, -0.05) is 11.3 Å². The second-order valence-electron chi connectivity index (χ2n) is 4.03. The van der Waals surface area contributed by atoms with E-state index in [0.29, 0.717) is 24.5 Å². The zero-order valence-electron chi connectivity index (χ0n) is 11.4. The number of methoxy groups -OCH3 is 1. The van der Waals surface area contributed by atoms with Gasteiger partial charge in [-0.15, -0.1) is 0 Å². The number of carbonyl (C=O) groups is 1. The highest BCUT2D eigenvalue weighted by Crippen LogP contribution is 2.19. The monoisotopic (exact) mass is 323 g/mol. The first-order valence-electron chi connectivity index (χ1n) is 5.70. The molecule has 0 spiro atoms. The van der Waals surface area contributed by atoms with Crippen molar-refractivity contribution in [2.75, 3.05) is 33.9 Å². The number of hydrogen-bond acceptors (Lipinski definition) is 6. The fourth-order valence-electron chi connectivity index (χ4n) is 1.41. The number of hydrogen-bond donors (Lipinski definition) is 2. The summed E-state index contributed by atoms with van der Waals surface area (Å²) in [5.74, 6) is -0.436. The molecular weight excluding hydrogens is 306 g/mol. The molecule has 0 aliphatic carbocycles. The van der Waals surface area contributed by atoms with E-state index >= 15 is 0 Å². The van der Waals surface area contributed by atoms with Crippen LogP contribution in [0.4, 0.5) is 0 Å². The summed E-state index contributed by atoms with van der Waals surface area (Å²) in [4.78, 5) is 24.7. The fourth-order valence-corrected chi connectivity index (χ4v) is 4.03. The number of thiazole rings is 1. The third-order valence-corrected chi connectivity index (χ3v) is 5.81. The molecular formula is C10H17N3O5S2. The van der Waals surface area contributed by atoms with Gasteiger partial charge in [0.2, 0.25) is 5.91 Å². The zero-order chi connectivity index (χ0) is 15.3. The maximum atomic E-state index is 12.2. The Labute approximate surface area is 120 Å². The second-order valence-corrected chi connectivity index (χ2v) is 7.25. The van der Waals surface area contributed by atoms with Gasteiger partial charge in [0.25, 0.3) is 10.0 Å². The Balaban J connectivity index is 2.75. The molecule has 8 nitrogen and oxygen atoms in total.